The van der Waals surface area contributed by atoms with Crippen LogP contribution in [0.25, 0.3) is 0 Å². The quantitative estimate of drug-likeness (QED) is 0.829. The number of hydrogen-bond acceptors (Lipinski definition) is 5. The van der Waals surface area contributed by atoms with E-state index >= 15 is 0 Å². The van der Waals surface area contributed by atoms with Crippen LogP contribution in [0.2, 0.25) is 0 Å². The van der Waals surface area contributed by atoms with E-state index in [1.54, 1.807) is 0 Å². The molecule has 2 aromatic rings. The van der Waals surface area contributed by atoms with Crippen molar-refractivity contribution in [1.82, 2.24) is 14.9 Å². The van der Waals surface area contributed by atoms with Crippen molar-refractivity contribution in [2.24, 2.45) is 0 Å². The smallest absolute Gasteiger partial charge is 0.254 e. The predicted molar refractivity (Wildman–Crippen MR) is 108 cm³/mol. The maximum Gasteiger partial charge on any atom is 0.254 e. The van der Waals surface area contributed by atoms with E-state index in [-0.39, 0.29) is 17.6 Å². The molecule has 0 unspecified atom stereocenters. The Morgan fingerprint density at radius 2 is 2.07 bits per heavy atom. The summed E-state index contributed by atoms with van der Waals surface area (Å²) in [6.07, 6.45) is 3.96. The molecule has 2 aliphatic rings. The van der Waals surface area contributed by atoms with E-state index in [2.05, 4.69) is 16.0 Å². The van der Waals surface area contributed by atoms with Gasteiger partial charge in [-0.2, -0.15) is 0 Å². The van der Waals surface area contributed by atoms with Gasteiger partial charge in [0.15, 0.2) is 0 Å². The average molecular weight is 383 g/mol. The summed E-state index contributed by atoms with van der Waals surface area (Å²) in [7, 11) is 0. The van der Waals surface area contributed by atoms with Crippen LogP contribution in [-0.4, -0.2) is 39.7 Å². The van der Waals surface area contributed by atoms with Crippen molar-refractivity contribution in [1.29, 1.82) is 0 Å². The molecule has 1 spiro atoms. The van der Waals surface area contributed by atoms with Gasteiger partial charge in [-0.15, -0.1) is 0 Å². The first kappa shape index (κ1) is 19.2. The Labute approximate surface area is 165 Å². The summed E-state index contributed by atoms with van der Waals surface area (Å²) in [5.74, 6) is 1.49. The maximum atomic E-state index is 12.3. The molecule has 1 aromatic heterocycles. The second-order valence-corrected chi connectivity index (χ2v) is 8.07. The largest absolute Gasteiger partial charge is 0.494 e. The van der Waals surface area contributed by atoms with Crippen molar-refractivity contribution in [2.75, 3.05) is 19.7 Å². The maximum absolute atomic E-state index is 12.3. The van der Waals surface area contributed by atoms with Crippen LogP contribution in [0.15, 0.2) is 23.0 Å². The fraction of sp³-hybridized carbons (Fsp3) is 0.545. The number of aromatic nitrogens is 2. The van der Waals surface area contributed by atoms with Crippen LogP contribution in [0.3, 0.4) is 0 Å². The minimum absolute atomic E-state index is 0.0113. The molecule has 28 heavy (non-hydrogen) atoms. The molecule has 1 fully saturated rings. The summed E-state index contributed by atoms with van der Waals surface area (Å²) < 4.78 is 5.58. The Bertz CT molecular complexity index is 914. The Morgan fingerprint density at radius 3 is 2.79 bits per heavy atom. The summed E-state index contributed by atoms with van der Waals surface area (Å²) in [5.41, 5.74) is 4.11. The van der Waals surface area contributed by atoms with E-state index < -0.39 is 0 Å². The standard InChI is InChI=1S/C22H29N3O3/c1-3-28-19-5-4-16(12-17(19)14-26)13-25-10-8-22(9-11-25)7-6-18-20(22)23-15(2)24-21(18)27/h4-5,12,26H,3,6-11,13-14H2,1-2H3,(H,23,24,27). The summed E-state index contributed by atoms with van der Waals surface area (Å²) in [6.45, 7) is 7.26. The lowest BCUT2D eigenvalue weighted by Crippen LogP contribution is -2.41. The van der Waals surface area contributed by atoms with Gasteiger partial charge in [-0.1, -0.05) is 6.07 Å². The number of aromatic amines is 1. The first-order valence-electron chi connectivity index (χ1n) is 10.2. The second kappa shape index (κ2) is 7.68. The van der Waals surface area contributed by atoms with Crippen LogP contribution < -0.4 is 10.3 Å². The molecule has 1 aliphatic heterocycles. The van der Waals surface area contributed by atoms with Gasteiger partial charge in [-0.05, 0) is 70.3 Å². The van der Waals surface area contributed by atoms with Crippen molar-refractivity contribution in [3.8, 4) is 5.75 Å². The zero-order chi connectivity index (χ0) is 19.7. The Balaban J connectivity index is 1.46. The molecule has 150 valence electrons. The second-order valence-electron chi connectivity index (χ2n) is 8.07. The van der Waals surface area contributed by atoms with Gasteiger partial charge < -0.3 is 14.8 Å². The highest BCUT2D eigenvalue weighted by Crippen LogP contribution is 2.44. The molecule has 2 N–H and O–H groups in total. The first-order valence-corrected chi connectivity index (χ1v) is 10.2. The summed E-state index contributed by atoms with van der Waals surface area (Å²) >= 11 is 0. The number of ether oxygens (including phenoxy) is 1. The number of aliphatic hydroxyl groups excluding tert-OH is 1. The van der Waals surface area contributed by atoms with E-state index in [4.69, 9.17) is 9.72 Å². The van der Waals surface area contributed by atoms with Gasteiger partial charge in [-0.3, -0.25) is 9.69 Å². The molecule has 1 aliphatic carbocycles. The SMILES string of the molecule is CCOc1ccc(CN2CCC3(CCc4c3nc(C)[nH]c4=O)CC2)cc1CO. The average Bonchev–Trinajstić information content (AvgIpc) is 3.03. The third-order valence-electron chi connectivity index (χ3n) is 6.30. The Kier molecular flexibility index (Phi) is 5.25. The van der Waals surface area contributed by atoms with Gasteiger partial charge >= 0.3 is 0 Å². The molecule has 0 radical (unpaired) electrons. The molecule has 6 heteroatoms. The molecular formula is C22H29N3O3. The van der Waals surface area contributed by atoms with Crippen molar-refractivity contribution in [3.05, 3.63) is 56.8 Å². The number of benzene rings is 1. The monoisotopic (exact) mass is 383 g/mol. The lowest BCUT2D eigenvalue weighted by atomic mass is 9.76. The number of aryl methyl sites for hydroxylation is 1. The van der Waals surface area contributed by atoms with E-state index in [1.165, 1.54) is 5.56 Å². The van der Waals surface area contributed by atoms with E-state index in [1.807, 2.05) is 26.0 Å². The predicted octanol–water partition coefficient (Wildman–Crippen LogP) is 2.45. The Hall–Kier alpha value is -2.18. The van der Waals surface area contributed by atoms with Crippen molar-refractivity contribution >= 4 is 0 Å². The zero-order valence-electron chi connectivity index (χ0n) is 16.8. The minimum Gasteiger partial charge on any atom is -0.494 e. The summed E-state index contributed by atoms with van der Waals surface area (Å²) in [5, 5.41) is 9.62. The molecule has 1 aromatic carbocycles. The summed E-state index contributed by atoms with van der Waals surface area (Å²) in [4.78, 5) is 22.3. The van der Waals surface area contributed by atoms with Crippen LogP contribution in [-0.2, 0) is 25.0 Å². The molecular weight excluding hydrogens is 354 g/mol. The Morgan fingerprint density at radius 1 is 1.29 bits per heavy atom. The molecule has 0 saturated carbocycles. The van der Waals surface area contributed by atoms with Gasteiger partial charge in [0.05, 0.1) is 18.9 Å². The molecule has 0 amide bonds. The third-order valence-corrected chi connectivity index (χ3v) is 6.30. The van der Waals surface area contributed by atoms with E-state index in [0.717, 1.165) is 73.7 Å². The van der Waals surface area contributed by atoms with Gasteiger partial charge in [0.25, 0.3) is 5.56 Å². The molecule has 0 atom stereocenters. The highest BCUT2D eigenvalue weighted by molar-refractivity contribution is 5.37. The van der Waals surface area contributed by atoms with Crippen molar-refractivity contribution in [2.45, 2.75) is 58.1 Å². The number of nitrogens with zero attached hydrogens (tertiary/aromatic N) is 2. The normalized spacial score (nSPS) is 18.4. The topological polar surface area (TPSA) is 78.5 Å². The number of aliphatic hydroxyl groups is 1. The van der Waals surface area contributed by atoms with Gasteiger partial charge in [0, 0.05) is 23.1 Å². The van der Waals surface area contributed by atoms with Gasteiger partial charge in [0.2, 0.25) is 0 Å². The number of hydrogen-bond donors (Lipinski definition) is 2. The fourth-order valence-corrected chi connectivity index (χ4v) is 4.80. The molecule has 4 rings (SSSR count). The fourth-order valence-electron chi connectivity index (χ4n) is 4.80. The van der Waals surface area contributed by atoms with Crippen LogP contribution >= 0.6 is 0 Å². The number of fused-ring (bicyclic) bond motifs is 2. The van der Waals surface area contributed by atoms with E-state index in [9.17, 15) is 9.90 Å². The van der Waals surface area contributed by atoms with Gasteiger partial charge in [-0.25, -0.2) is 4.98 Å². The molecule has 2 heterocycles. The highest BCUT2D eigenvalue weighted by Gasteiger charge is 2.43. The molecule has 1 saturated heterocycles. The van der Waals surface area contributed by atoms with Crippen LogP contribution in [0.1, 0.15) is 54.4 Å². The molecule has 0 bridgehead atoms. The van der Waals surface area contributed by atoms with Crippen LogP contribution in [0.5, 0.6) is 5.75 Å². The zero-order valence-corrected chi connectivity index (χ0v) is 16.8. The number of likely N-dealkylation sites (tertiary alicyclic amines) is 1. The number of nitrogens with one attached hydrogen (secondary N) is 1. The number of piperidine rings is 1. The lowest BCUT2D eigenvalue weighted by Gasteiger charge is -2.39. The number of rotatable bonds is 5. The van der Waals surface area contributed by atoms with Crippen molar-refractivity contribution in [3.63, 3.8) is 0 Å². The minimum atomic E-state index is -0.0113. The van der Waals surface area contributed by atoms with Crippen LogP contribution in [0.4, 0.5) is 0 Å². The van der Waals surface area contributed by atoms with Crippen molar-refractivity contribution < 1.29 is 9.84 Å². The summed E-state index contributed by atoms with van der Waals surface area (Å²) in [6, 6.07) is 6.09. The highest BCUT2D eigenvalue weighted by atomic mass is 16.5. The lowest BCUT2D eigenvalue weighted by molar-refractivity contribution is 0.149. The number of H-pyrrole nitrogens is 1. The van der Waals surface area contributed by atoms with Gasteiger partial charge in [0.1, 0.15) is 11.6 Å². The van der Waals surface area contributed by atoms with Crippen LogP contribution in [0, 0.1) is 6.92 Å². The molecule has 6 nitrogen and oxygen atoms in total. The van der Waals surface area contributed by atoms with E-state index in [0.29, 0.717) is 6.61 Å². The first-order chi connectivity index (χ1) is 13.5. The third kappa shape index (κ3) is 3.47.